The van der Waals surface area contributed by atoms with E-state index in [4.69, 9.17) is 4.52 Å². The van der Waals surface area contributed by atoms with Crippen molar-refractivity contribution in [2.75, 3.05) is 7.05 Å². The molecule has 2 aromatic rings. The van der Waals surface area contributed by atoms with Crippen molar-refractivity contribution in [2.45, 2.75) is 26.3 Å². The molecular formula is C15H18N2O2. The van der Waals surface area contributed by atoms with Gasteiger partial charge < -0.3 is 9.42 Å². The second-order valence-electron chi connectivity index (χ2n) is 4.66. The molecule has 0 aliphatic carbocycles. The topological polar surface area (TPSA) is 46.3 Å². The van der Waals surface area contributed by atoms with E-state index in [1.165, 1.54) is 5.56 Å². The van der Waals surface area contributed by atoms with Crippen LogP contribution in [0, 0.1) is 6.92 Å². The molecule has 1 aromatic carbocycles. The van der Waals surface area contributed by atoms with Crippen LogP contribution in [0.2, 0.25) is 0 Å². The molecule has 0 aliphatic heterocycles. The highest BCUT2D eigenvalue weighted by molar-refractivity contribution is 5.76. The Labute approximate surface area is 113 Å². The molecule has 100 valence electrons. The lowest BCUT2D eigenvalue weighted by Gasteiger charge is -2.15. The zero-order valence-electron chi connectivity index (χ0n) is 11.3. The lowest BCUT2D eigenvalue weighted by atomic mass is 10.1. The van der Waals surface area contributed by atoms with E-state index in [0.29, 0.717) is 13.0 Å². The summed E-state index contributed by atoms with van der Waals surface area (Å²) in [6.45, 7) is 2.33. The molecule has 1 heterocycles. The van der Waals surface area contributed by atoms with Gasteiger partial charge in [-0.2, -0.15) is 0 Å². The summed E-state index contributed by atoms with van der Waals surface area (Å²) in [5.74, 6) is 0.879. The highest BCUT2D eigenvalue weighted by atomic mass is 16.5. The fraction of sp³-hybridized carbons (Fsp3) is 0.333. The van der Waals surface area contributed by atoms with E-state index in [9.17, 15) is 4.79 Å². The lowest BCUT2D eigenvalue weighted by Crippen LogP contribution is -2.26. The average Bonchev–Trinajstić information content (AvgIpc) is 2.82. The van der Waals surface area contributed by atoms with Gasteiger partial charge in [0, 0.05) is 19.5 Å². The van der Waals surface area contributed by atoms with Gasteiger partial charge in [-0.05, 0) is 18.9 Å². The summed E-state index contributed by atoms with van der Waals surface area (Å²) < 4.78 is 4.99. The first-order chi connectivity index (χ1) is 9.15. The van der Waals surface area contributed by atoms with Gasteiger partial charge >= 0.3 is 0 Å². The normalized spacial score (nSPS) is 10.4. The van der Waals surface area contributed by atoms with Gasteiger partial charge in [0.05, 0.1) is 6.54 Å². The summed E-state index contributed by atoms with van der Waals surface area (Å²) in [5, 5.41) is 3.89. The summed E-state index contributed by atoms with van der Waals surface area (Å²) in [6.07, 6.45) is 1.28. The molecule has 1 amide bonds. The zero-order valence-corrected chi connectivity index (χ0v) is 11.3. The molecule has 4 nitrogen and oxygen atoms in total. The number of carbonyl (C=O) groups excluding carboxylic acids is 1. The standard InChI is InChI=1S/C15H18N2O2/c1-12-10-14(16-19-12)11-17(2)15(18)9-8-13-6-4-3-5-7-13/h3-7,10H,8-9,11H2,1-2H3. The fourth-order valence-corrected chi connectivity index (χ4v) is 1.91. The van der Waals surface area contributed by atoms with E-state index >= 15 is 0 Å². The fourth-order valence-electron chi connectivity index (χ4n) is 1.91. The number of aryl methyl sites for hydroxylation is 2. The van der Waals surface area contributed by atoms with Crippen LogP contribution in [0.3, 0.4) is 0 Å². The van der Waals surface area contributed by atoms with E-state index in [0.717, 1.165) is 17.9 Å². The molecule has 0 aliphatic rings. The van der Waals surface area contributed by atoms with E-state index in [1.54, 1.807) is 11.9 Å². The minimum atomic E-state index is 0.115. The number of amides is 1. The summed E-state index contributed by atoms with van der Waals surface area (Å²) >= 11 is 0. The van der Waals surface area contributed by atoms with Crippen LogP contribution in [-0.4, -0.2) is 23.0 Å². The van der Waals surface area contributed by atoms with E-state index in [2.05, 4.69) is 5.16 Å². The Morgan fingerprint density at radius 3 is 2.68 bits per heavy atom. The number of aromatic nitrogens is 1. The second-order valence-corrected chi connectivity index (χ2v) is 4.66. The molecule has 4 heteroatoms. The van der Waals surface area contributed by atoms with Gasteiger partial charge in [0.1, 0.15) is 11.5 Å². The molecule has 0 saturated carbocycles. The molecule has 0 atom stereocenters. The predicted octanol–water partition coefficient (Wildman–Crippen LogP) is 2.57. The zero-order chi connectivity index (χ0) is 13.7. The van der Waals surface area contributed by atoms with Crippen molar-refractivity contribution in [3.8, 4) is 0 Å². The van der Waals surface area contributed by atoms with Crippen molar-refractivity contribution in [2.24, 2.45) is 0 Å². The van der Waals surface area contributed by atoms with Gasteiger partial charge in [-0.3, -0.25) is 4.79 Å². The highest BCUT2D eigenvalue weighted by Gasteiger charge is 2.11. The Bertz CT molecular complexity index is 534. The first kappa shape index (κ1) is 13.3. The van der Waals surface area contributed by atoms with Crippen LogP contribution in [0.4, 0.5) is 0 Å². The van der Waals surface area contributed by atoms with Crippen molar-refractivity contribution < 1.29 is 9.32 Å². The molecule has 0 unspecified atom stereocenters. The monoisotopic (exact) mass is 258 g/mol. The Kier molecular flexibility index (Phi) is 4.34. The molecular weight excluding hydrogens is 240 g/mol. The SMILES string of the molecule is Cc1cc(CN(C)C(=O)CCc2ccccc2)no1. The van der Waals surface area contributed by atoms with Crippen molar-refractivity contribution in [3.63, 3.8) is 0 Å². The largest absolute Gasteiger partial charge is 0.361 e. The minimum Gasteiger partial charge on any atom is -0.361 e. The Morgan fingerprint density at radius 1 is 1.32 bits per heavy atom. The van der Waals surface area contributed by atoms with Gasteiger partial charge in [-0.25, -0.2) is 0 Å². The van der Waals surface area contributed by atoms with Gasteiger partial charge in [0.15, 0.2) is 0 Å². The average molecular weight is 258 g/mol. The van der Waals surface area contributed by atoms with Gasteiger partial charge in [-0.1, -0.05) is 35.5 Å². The summed E-state index contributed by atoms with van der Waals surface area (Å²) in [4.78, 5) is 13.7. The summed E-state index contributed by atoms with van der Waals surface area (Å²) in [7, 11) is 1.79. The van der Waals surface area contributed by atoms with Crippen LogP contribution in [0.1, 0.15) is 23.4 Å². The smallest absolute Gasteiger partial charge is 0.222 e. The molecule has 0 N–H and O–H groups in total. The number of benzene rings is 1. The van der Waals surface area contributed by atoms with Crippen molar-refractivity contribution in [1.82, 2.24) is 10.1 Å². The van der Waals surface area contributed by atoms with Crippen molar-refractivity contribution in [1.29, 1.82) is 0 Å². The Morgan fingerprint density at radius 2 is 2.05 bits per heavy atom. The highest BCUT2D eigenvalue weighted by Crippen LogP contribution is 2.08. The number of carbonyl (C=O) groups is 1. The van der Waals surface area contributed by atoms with E-state index in [-0.39, 0.29) is 5.91 Å². The quantitative estimate of drug-likeness (QED) is 0.828. The van der Waals surface area contributed by atoms with Gasteiger partial charge in [-0.15, -0.1) is 0 Å². The first-order valence-electron chi connectivity index (χ1n) is 6.35. The van der Waals surface area contributed by atoms with Crippen LogP contribution in [0.15, 0.2) is 40.9 Å². The molecule has 0 fully saturated rings. The minimum absolute atomic E-state index is 0.115. The van der Waals surface area contributed by atoms with Crippen LogP contribution in [-0.2, 0) is 17.8 Å². The van der Waals surface area contributed by atoms with Crippen molar-refractivity contribution >= 4 is 5.91 Å². The van der Waals surface area contributed by atoms with E-state index < -0.39 is 0 Å². The number of rotatable bonds is 5. The van der Waals surface area contributed by atoms with Gasteiger partial charge in [0.2, 0.25) is 5.91 Å². The molecule has 0 bridgehead atoms. The summed E-state index contributed by atoms with van der Waals surface area (Å²) in [6, 6.07) is 11.9. The van der Waals surface area contributed by atoms with Crippen LogP contribution in [0.25, 0.3) is 0 Å². The third-order valence-corrected chi connectivity index (χ3v) is 2.97. The van der Waals surface area contributed by atoms with Crippen LogP contribution in [0.5, 0.6) is 0 Å². The molecule has 0 saturated heterocycles. The number of nitrogens with zero attached hydrogens (tertiary/aromatic N) is 2. The Hall–Kier alpha value is -2.10. The third kappa shape index (κ3) is 3.95. The number of hydrogen-bond acceptors (Lipinski definition) is 3. The Balaban J connectivity index is 1.82. The van der Waals surface area contributed by atoms with Crippen LogP contribution < -0.4 is 0 Å². The molecule has 0 spiro atoms. The maximum atomic E-state index is 12.0. The molecule has 19 heavy (non-hydrogen) atoms. The maximum absolute atomic E-state index is 12.0. The molecule has 2 rings (SSSR count). The van der Waals surface area contributed by atoms with Gasteiger partial charge in [0.25, 0.3) is 0 Å². The van der Waals surface area contributed by atoms with Crippen molar-refractivity contribution in [3.05, 3.63) is 53.4 Å². The predicted molar refractivity (Wildman–Crippen MR) is 72.5 cm³/mol. The van der Waals surface area contributed by atoms with Crippen LogP contribution >= 0.6 is 0 Å². The molecule has 1 aromatic heterocycles. The maximum Gasteiger partial charge on any atom is 0.222 e. The summed E-state index contributed by atoms with van der Waals surface area (Å²) in [5.41, 5.74) is 1.97. The second kappa shape index (κ2) is 6.18. The number of hydrogen-bond donors (Lipinski definition) is 0. The lowest BCUT2D eigenvalue weighted by molar-refractivity contribution is -0.130. The third-order valence-electron chi connectivity index (χ3n) is 2.97. The molecule has 0 radical (unpaired) electrons. The first-order valence-corrected chi connectivity index (χ1v) is 6.35. The van der Waals surface area contributed by atoms with E-state index in [1.807, 2.05) is 43.3 Å².